The van der Waals surface area contributed by atoms with E-state index in [4.69, 9.17) is 10.5 Å². The van der Waals surface area contributed by atoms with Crippen LogP contribution in [0, 0.1) is 0 Å². The van der Waals surface area contributed by atoms with Crippen molar-refractivity contribution in [3.8, 4) is 0 Å². The van der Waals surface area contributed by atoms with Crippen LogP contribution in [0.2, 0.25) is 0 Å². The van der Waals surface area contributed by atoms with E-state index in [0.717, 1.165) is 24.1 Å². The Morgan fingerprint density at radius 3 is 2.27 bits per heavy atom. The molecule has 0 fully saturated rings. The quantitative estimate of drug-likeness (QED) is 0.291. The number of amidine groups is 1. The Balaban J connectivity index is 1.81. The molecule has 26 heavy (non-hydrogen) atoms. The predicted octanol–water partition coefficient (Wildman–Crippen LogP) is 4.72. The lowest BCUT2D eigenvalue weighted by Crippen LogP contribution is -2.14. The molecule has 0 unspecified atom stereocenters. The minimum absolute atomic E-state index is 0.267. The van der Waals surface area contributed by atoms with Crippen LogP contribution in [0.5, 0.6) is 0 Å². The monoisotopic (exact) mass is 352 g/mol. The summed E-state index contributed by atoms with van der Waals surface area (Å²) in [5.74, 6) is 0.177. The third kappa shape index (κ3) is 6.71. The van der Waals surface area contributed by atoms with E-state index in [2.05, 4.69) is 11.9 Å². The number of benzene rings is 2. The predicted molar refractivity (Wildman–Crippen MR) is 106 cm³/mol. The Labute approximate surface area is 156 Å². The molecule has 138 valence electrons. The summed E-state index contributed by atoms with van der Waals surface area (Å²) in [4.78, 5) is 16.5. The fraction of sp³-hybridized carbons (Fsp3) is 0.364. The standard InChI is InChI=1S/C22H28N2O2/c1-2-3-4-5-9-16-24-21(23)19-12-14-20(15-13-19)22(25)26-17-18-10-7-6-8-11-18/h6-8,10-15H,2-5,9,16-17H2,1H3,(H2,23,24). The Morgan fingerprint density at radius 2 is 1.58 bits per heavy atom. The van der Waals surface area contributed by atoms with Gasteiger partial charge in [0.2, 0.25) is 0 Å². The van der Waals surface area contributed by atoms with E-state index >= 15 is 0 Å². The molecule has 4 nitrogen and oxygen atoms in total. The van der Waals surface area contributed by atoms with Crippen LogP contribution in [0.25, 0.3) is 0 Å². The molecule has 0 aliphatic rings. The van der Waals surface area contributed by atoms with Crippen molar-refractivity contribution >= 4 is 11.8 Å². The number of carbonyl (C=O) groups excluding carboxylic acids is 1. The first-order valence-corrected chi connectivity index (χ1v) is 9.32. The minimum atomic E-state index is -0.341. The van der Waals surface area contributed by atoms with Crippen LogP contribution >= 0.6 is 0 Å². The topological polar surface area (TPSA) is 64.7 Å². The SMILES string of the molecule is CCCCCCCN=C(N)c1ccc(C(=O)OCc2ccccc2)cc1. The minimum Gasteiger partial charge on any atom is -0.457 e. The Bertz CT molecular complexity index is 694. The van der Waals surface area contributed by atoms with E-state index in [1.807, 2.05) is 42.5 Å². The molecule has 0 bridgehead atoms. The van der Waals surface area contributed by atoms with Gasteiger partial charge in [-0.05, 0) is 24.1 Å². The highest BCUT2D eigenvalue weighted by Crippen LogP contribution is 2.09. The fourth-order valence-corrected chi connectivity index (χ4v) is 2.59. The van der Waals surface area contributed by atoms with Crippen molar-refractivity contribution in [1.29, 1.82) is 0 Å². The molecule has 2 aromatic carbocycles. The van der Waals surface area contributed by atoms with Gasteiger partial charge in [0.05, 0.1) is 5.56 Å². The molecular weight excluding hydrogens is 324 g/mol. The van der Waals surface area contributed by atoms with E-state index in [-0.39, 0.29) is 12.6 Å². The third-order valence-corrected chi connectivity index (χ3v) is 4.17. The second-order valence-electron chi connectivity index (χ2n) is 6.32. The summed E-state index contributed by atoms with van der Waals surface area (Å²) in [6.45, 7) is 3.22. The van der Waals surface area contributed by atoms with Crippen molar-refractivity contribution in [3.63, 3.8) is 0 Å². The van der Waals surface area contributed by atoms with Crippen LogP contribution < -0.4 is 5.73 Å². The normalized spacial score (nSPS) is 11.3. The summed E-state index contributed by atoms with van der Waals surface area (Å²) in [5.41, 5.74) is 8.34. The number of carbonyl (C=O) groups is 1. The number of hydrogen-bond donors (Lipinski definition) is 1. The van der Waals surface area contributed by atoms with E-state index in [9.17, 15) is 4.79 Å². The molecule has 2 aromatic rings. The van der Waals surface area contributed by atoms with Gasteiger partial charge in [-0.25, -0.2) is 4.79 Å². The molecule has 0 aromatic heterocycles. The van der Waals surface area contributed by atoms with Gasteiger partial charge in [0.1, 0.15) is 12.4 Å². The highest BCUT2D eigenvalue weighted by molar-refractivity contribution is 5.98. The zero-order chi connectivity index (χ0) is 18.6. The summed E-state index contributed by atoms with van der Waals surface area (Å²) in [6, 6.07) is 16.7. The van der Waals surface area contributed by atoms with Crippen molar-refractivity contribution in [1.82, 2.24) is 0 Å². The third-order valence-electron chi connectivity index (χ3n) is 4.17. The number of ether oxygens (including phenoxy) is 1. The second-order valence-corrected chi connectivity index (χ2v) is 6.32. The number of nitrogens with zero attached hydrogens (tertiary/aromatic N) is 1. The summed E-state index contributed by atoms with van der Waals surface area (Å²) in [7, 11) is 0. The van der Waals surface area contributed by atoms with Gasteiger partial charge in [-0.3, -0.25) is 4.99 Å². The first-order valence-electron chi connectivity index (χ1n) is 9.32. The molecule has 0 spiro atoms. The van der Waals surface area contributed by atoms with E-state index < -0.39 is 0 Å². The number of nitrogens with two attached hydrogens (primary N) is 1. The fourth-order valence-electron chi connectivity index (χ4n) is 2.59. The van der Waals surface area contributed by atoms with Crippen molar-refractivity contribution in [2.24, 2.45) is 10.7 Å². The molecule has 4 heteroatoms. The average Bonchev–Trinajstić information content (AvgIpc) is 2.69. The highest BCUT2D eigenvalue weighted by atomic mass is 16.5. The number of aliphatic imine (C=N–C) groups is 1. The highest BCUT2D eigenvalue weighted by Gasteiger charge is 2.08. The van der Waals surface area contributed by atoms with Gasteiger partial charge in [-0.15, -0.1) is 0 Å². The first-order chi connectivity index (χ1) is 12.7. The van der Waals surface area contributed by atoms with Crippen molar-refractivity contribution in [3.05, 3.63) is 71.3 Å². The number of hydrogen-bond acceptors (Lipinski definition) is 3. The summed E-state index contributed by atoms with van der Waals surface area (Å²) < 4.78 is 5.33. The number of esters is 1. The van der Waals surface area contributed by atoms with E-state index in [1.54, 1.807) is 12.1 Å². The van der Waals surface area contributed by atoms with E-state index in [0.29, 0.717) is 11.4 Å². The number of rotatable bonds is 10. The Morgan fingerprint density at radius 1 is 0.923 bits per heavy atom. The largest absolute Gasteiger partial charge is 0.457 e. The molecule has 0 amide bonds. The lowest BCUT2D eigenvalue weighted by atomic mass is 10.1. The molecule has 0 saturated carbocycles. The van der Waals surface area contributed by atoms with Crippen LogP contribution in [0.15, 0.2) is 59.6 Å². The van der Waals surface area contributed by atoms with Crippen LogP contribution in [-0.2, 0) is 11.3 Å². The summed E-state index contributed by atoms with van der Waals surface area (Å²) >= 11 is 0. The van der Waals surface area contributed by atoms with Crippen LogP contribution in [0.1, 0.15) is 60.5 Å². The first kappa shape index (κ1) is 19.7. The zero-order valence-corrected chi connectivity index (χ0v) is 15.5. The average molecular weight is 352 g/mol. The lowest BCUT2D eigenvalue weighted by Gasteiger charge is -2.06. The molecule has 0 heterocycles. The summed E-state index contributed by atoms with van der Waals surface area (Å²) in [6.07, 6.45) is 6.03. The second kappa shape index (κ2) is 11.1. The van der Waals surface area contributed by atoms with Crippen LogP contribution in [0.4, 0.5) is 0 Å². The molecule has 0 radical (unpaired) electrons. The maximum atomic E-state index is 12.1. The van der Waals surface area contributed by atoms with Crippen molar-refractivity contribution < 1.29 is 9.53 Å². The van der Waals surface area contributed by atoms with Gasteiger partial charge in [0, 0.05) is 12.1 Å². The lowest BCUT2D eigenvalue weighted by molar-refractivity contribution is 0.0472. The van der Waals surface area contributed by atoms with Crippen LogP contribution in [-0.4, -0.2) is 18.3 Å². The molecule has 0 atom stereocenters. The maximum Gasteiger partial charge on any atom is 0.338 e. The smallest absolute Gasteiger partial charge is 0.338 e. The maximum absolute atomic E-state index is 12.1. The van der Waals surface area contributed by atoms with Gasteiger partial charge in [-0.2, -0.15) is 0 Å². The molecule has 0 aliphatic heterocycles. The molecule has 0 saturated heterocycles. The molecule has 2 rings (SSSR count). The van der Waals surface area contributed by atoms with Gasteiger partial charge < -0.3 is 10.5 Å². The Kier molecular flexibility index (Phi) is 8.40. The summed E-state index contributed by atoms with van der Waals surface area (Å²) in [5, 5.41) is 0. The molecule has 2 N–H and O–H groups in total. The zero-order valence-electron chi connectivity index (χ0n) is 15.5. The van der Waals surface area contributed by atoms with E-state index in [1.165, 1.54) is 25.7 Å². The molecular formula is C22H28N2O2. The van der Waals surface area contributed by atoms with Gasteiger partial charge in [0.15, 0.2) is 0 Å². The number of unbranched alkanes of at least 4 members (excludes halogenated alkanes) is 4. The Hall–Kier alpha value is -2.62. The van der Waals surface area contributed by atoms with Crippen molar-refractivity contribution in [2.45, 2.75) is 45.6 Å². The van der Waals surface area contributed by atoms with Gasteiger partial charge in [0.25, 0.3) is 0 Å². The molecule has 0 aliphatic carbocycles. The van der Waals surface area contributed by atoms with Gasteiger partial charge in [-0.1, -0.05) is 75.1 Å². The van der Waals surface area contributed by atoms with Crippen molar-refractivity contribution in [2.75, 3.05) is 6.54 Å². The van der Waals surface area contributed by atoms with Crippen LogP contribution in [0.3, 0.4) is 0 Å². The van der Waals surface area contributed by atoms with Gasteiger partial charge >= 0.3 is 5.97 Å².